The molecule has 1 atom stereocenters. The SMILES string of the molecule is CC(Cl)CCc1ccc(OC(F)F)cc1. The van der Waals surface area contributed by atoms with E-state index in [0.717, 1.165) is 18.4 Å². The molecule has 1 rings (SSSR count). The van der Waals surface area contributed by atoms with Gasteiger partial charge in [0.25, 0.3) is 0 Å². The molecule has 0 spiro atoms. The van der Waals surface area contributed by atoms with Crippen molar-refractivity contribution in [2.75, 3.05) is 0 Å². The Labute approximate surface area is 93.0 Å². The summed E-state index contributed by atoms with van der Waals surface area (Å²) in [4.78, 5) is 0. The lowest BCUT2D eigenvalue weighted by Gasteiger charge is -2.06. The van der Waals surface area contributed by atoms with Gasteiger partial charge in [-0.1, -0.05) is 12.1 Å². The molecule has 0 radical (unpaired) electrons. The first-order valence-corrected chi connectivity index (χ1v) is 5.19. The first-order valence-electron chi connectivity index (χ1n) is 4.75. The molecule has 84 valence electrons. The average Bonchev–Trinajstić information content (AvgIpc) is 2.16. The largest absolute Gasteiger partial charge is 0.435 e. The Morgan fingerprint density at radius 1 is 1.27 bits per heavy atom. The highest BCUT2D eigenvalue weighted by Crippen LogP contribution is 2.16. The van der Waals surface area contributed by atoms with E-state index in [1.165, 1.54) is 0 Å². The highest BCUT2D eigenvalue weighted by Gasteiger charge is 2.04. The van der Waals surface area contributed by atoms with E-state index in [-0.39, 0.29) is 11.1 Å². The van der Waals surface area contributed by atoms with E-state index < -0.39 is 6.61 Å². The van der Waals surface area contributed by atoms with Gasteiger partial charge in [-0.05, 0) is 37.5 Å². The first kappa shape index (κ1) is 12.2. The zero-order valence-corrected chi connectivity index (χ0v) is 9.18. The molecule has 1 unspecified atom stereocenters. The van der Waals surface area contributed by atoms with Crippen LogP contribution in [0.1, 0.15) is 18.9 Å². The topological polar surface area (TPSA) is 9.23 Å². The number of rotatable bonds is 5. The lowest BCUT2D eigenvalue weighted by Crippen LogP contribution is -2.01. The van der Waals surface area contributed by atoms with E-state index in [1.54, 1.807) is 24.3 Å². The summed E-state index contributed by atoms with van der Waals surface area (Å²) >= 11 is 5.80. The van der Waals surface area contributed by atoms with Crippen molar-refractivity contribution in [3.63, 3.8) is 0 Å². The molecule has 0 saturated heterocycles. The van der Waals surface area contributed by atoms with Crippen molar-refractivity contribution in [2.24, 2.45) is 0 Å². The number of halogens is 3. The summed E-state index contributed by atoms with van der Waals surface area (Å²) in [5.74, 6) is 0.188. The number of aryl methyl sites for hydroxylation is 1. The van der Waals surface area contributed by atoms with Crippen molar-refractivity contribution in [3.8, 4) is 5.75 Å². The molecule has 1 aromatic carbocycles. The molecule has 0 aliphatic carbocycles. The molecular weight excluding hydrogens is 222 g/mol. The molecule has 0 aliphatic rings. The monoisotopic (exact) mass is 234 g/mol. The Kier molecular flexibility index (Phi) is 4.82. The van der Waals surface area contributed by atoms with Crippen molar-refractivity contribution >= 4 is 11.6 Å². The molecule has 1 nitrogen and oxygen atoms in total. The van der Waals surface area contributed by atoms with E-state index in [1.807, 2.05) is 6.92 Å². The van der Waals surface area contributed by atoms with Crippen molar-refractivity contribution in [1.82, 2.24) is 0 Å². The summed E-state index contributed by atoms with van der Waals surface area (Å²) in [5.41, 5.74) is 1.07. The van der Waals surface area contributed by atoms with Gasteiger partial charge in [0.05, 0.1) is 0 Å². The second-order valence-electron chi connectivity index (χ2n) is 3.34. The van der Waals surface area contributed by atoms with Gasteiger partial charge in [0.2, 0.25) is 0 Å². The molecule has 0 saturated carbocycles. The van der Waals surface area contributed by atoms with Crippen LogP contribution < -0.4 is 4.74 Å². The van der Waals surface area contributed by atoms with Gasteiger partial charge in [-0.25, -0.2) is 0 Å². The van der Waals surface area contributed by atoms with Gasteiger partial charge in [-0.15, -0.1) is 11.6 Å². The van der Waals surface area contributed by atoms with Crippen LogP contribution in [0.3, 0.4) is 0 Å². The van der Waals surface area contributed by atoms with Gasteiger partial charge in [0.15, 0.2) is 0 Å². The molecule has 0 bridgehead atoms. The van der Waals surface area contributed by atoms with Gasteiger partial charge >= 0.3 is 6.61 Å². The highest BCUT2D eigenvalue weighted by molar-refractivity contribution is 6.20. The molecule has 0 aromatic heterocycles. The number of benzene rings is 1. The van der Waals surface area contributed by atoms with Crippen molar-refractivity contribution in [3.05, 3.63) is 29.8 Å². The summed E-state index contributed by atoms with van der Waals surface area (Å²) in [5, 5.41) is 0.127. The summed E-state index contributed by atoms with van der Waals surface area (Å²) in [6, 6.07) is 6.63. The maximum Gasteiger partial charge on any atom is 0.387 e. The Balaban J connectivity index is 2.49. The highest BCUT2D eigenvalue weighted by atomic mass is 35.5. The van der Waals surface area contributed by atoms with Gasteiger partial charge in [0, 0.05) is 5.38 Å². The third kappa shape index (κ3) is 4.98. The Morgan fingerprint density at radius 2 is 1.87 bits per heavy atom. The van der Waals surface area contributed by atoms with E-state index in [4.69, 9.17) is 11.6 Å². The van der Waals surface area contributed by atoms with Gasteiger partial charge in [0.1, 0.15) is 5.75 Å². The van der Waals surface area contributed by atoms with Crippen LogP contribution in [-0.4, -0.2) is 12.0 Å². The molecule has 4 heteroatoms. The maximum absolute atomic E-state index is 11.8. The zero-order chi connectivity index (χ0) is 11.3. The summed E-state index contributed by atoms with van der Waals surface area (Å²) in [7, 11) is 0. The quantitative estimate of drug-likeness (QED) is 0.704. The number of alkyl halides is 3. The Morgan fingerprint density at radius 3 is 2.33 bits per heavy atom. The number of hydrogen-bond acceptors (Lipinski definition) is 1. The van der Waals surface area contributed by atoms with Gasteiger partial charge < -0.3 is 4.74 Å². The van der Waals surface area contributed by atoms with Crippen LogP contribution in [-0.2, 0) is 6.42 Å². The van der Waals surface area contributed by atoms with Crippen molar-refractivity contribution in [1.29, 1.82) is 0 Å². The predicted octanol–water partition coefficient (Wildman–Crippen LogP) is 3.85. The molecule has 0 fully saturated rings. The molecule has 0 heterocycles. The van der Waals surface area contributed by atoms with Crippen LogP contribution >= 0.6 is 11.6 Å². The molecule has 15 heavy (non-hydrogen) atoms. The smallest absolute Gasteiger partial charge is 0.387 e. The van der Waals surface area contributed by atoms with Crippen LogP contribution in [0.2, 0.25) is 0 Å². The zero-order valence-electron chi connectivity index (χ0n) is 8.42. The van der Waals surface area contributed by atoms with Crippen LogP contribution in [0.25, 0.3) is 0 Å². The Bertz CT molecular complexity index is 285. The van der Waals surface area contributed by atoms with E-state index in [0.29, 0.717) is 0 Å². The molecule has 0 amide bonds. The van der Waals surface area contributed by atoms with Crippen LogP contribution in [0.5, 0.6) is 5.75 Å². The fraction of sp³-hybridized carbons (Fsp3) is 0.455. The fourth-order valence-corrected chi connectivity index (χ4v) is 1.31. The van der Waals surface area contributed by atoms with Gasteiger partial charge in [-0.2, -0.15) is 8.78 Å². The summed E-state index contributed by atoms with van der Waals surface area (Å²) in [6.45, 7) is -0.839. The number of hydrogen-bond donors (Lipinski definition) is 0. The minimum absolute atomic E-state index is 0.127. The van der Waals surface area contributed by atoms with E-state index in [2.05, 4.69) is 4.74 Å². The molecule has 0 aliphatic heterocycles. The standard InChI is InChI=1S/C11H13ClF2O/c1-8(12)2-3-9-4-6-10(7-5-9)15-11(13)14/h4-8,11H,2-3H2,1H3. The fourth-order valence-electron chi connectivity index (χ4n) is 1.20. The summed E-state index contributed by atoms with van der Waals surface area (Å²) < 4.78 is 27.9. The minimum Gasteiger partial charge on any atom is -0.435 e. The molecule has 1 aromatic rings. The second kappa shape index (κ2) is 5.91. The normalized spacial score (nSPS) is 12.9. The third-order valence-electron chi connectivity index (χ3n) is 1.98. The summed E-state index contributed by atoms with van der Waals surface area (Å²) in [6.07, 6.45) is 1.72. The first-order chi connectivity index (χ1) is 7.08. The minimum atomic E-state index is -2.77. The van der Waals surface area contributed by atoms with Crippen molar-refractivity contribution < 1.29 is 13.5 Å². The second-order valence-corrected chi connectivity index (χ2v) is 4.09. The van der Waals surface area contributed by atoms with E-state index in [9.17, 15) is 8.78 Å². The lowest BCUT2D eigenvalue weighted by atomic mass is 10.1. The van der Waals surface area contributed by atoms with Crippen LogP contribution in [0.15, 0.2) is 24.3 Å². The van der Waals surface area contributed by atoms with Gasteiger partial charge in [-0.3, -0.25) is 0 Å². The predicted molar refractivity (Wildman–Crippen MR) is 56.7 cm³/mol. The Hall–Kier alpha value is -0.830. The van der Waals surface area contributed by atoms with Crippen LogP contribution in [0.4, 0.5) is 8.78 Å². The average molecular weight is 235 g/mol. The number of ether oxygens (including phenoxy) is 1. The van der Waals surface area contributed by atoms with E-state index >= 15 is 0 Å². The third-order valence-corrected chi connectivity index (χ3v) is 2.20. The molecule has 0 N–H and O–H groups in total. The lowest BCUT2D eigenvalue weighted by molar-refractivity contribution is -0.0498. The maximum atomic E-state index is 11.8. The van der Waals surface area contributed by atoms with Crippen molar-refractivity contribution in [2.45, 2.75) is 31.8 Å². The molecular formula is C11H13ClF2O. The van der Waals surface area contributed by atoms with Crippen LogP contribution in [0, 0.1) is 0 Å².